The summed E-state index contributed by atoms with van der Waals surface area (Å²) >= 11 is 0. The van der Waals surface area contributed by atoms with Crippen LogP contribution in [0.5, 0.6) is 11.5 Å². The van der Waals surface area contributed by atoms with Crippen LogP contribution in [0.3, 0.4) is 0 Å². The minimum absolute atomic E-state index is 0.0214. The van der Waals surface area contributed by atoms with Crippen LogP contribution in [0.25, 0.3) is 0 Å². The maximum atomic E-state index is 13.0. The topological polar surface area (TPSA) is 79.2 Å². The molecule has 40 heavy (non-hydrogen) atoms. The van der Waals surface area contributed by atoms with Gasteiger partial charge >= 0.3 is 0 Å². The molecule has 0 saturated carbocycles. The van der Waals surface area contributed by atoms with E-state index in [0.717, 1.165) is 88.8 Å². The van der Waals surface area contributed by atoms with Crippen LogP contribution in [-0.2, 0) is 6.42 Å². The third kappa shape index (κ3) is 4.46. The van der Waals surface area contributed by atoms with E-state index in [2.05, 4.69) is 45.5 Å². The lowest BCUT2D eigenvalue weighted by Crippen LogP contribution is -2.66. The zero-order valence-corrected chi connectivity index (χ0v) is 23.9. The fourth-order valence-electron chi connectivity index (χ4n) is 9.58. The minimum atomic E-state index is -0.923. The molecule has 5 heterocycles. The average molecular weight is 546 g/mol. The first-order chi connectivity index (χ1) is 19.5. The van der Waals surface area contributed by atoms with Crippen molar-refractivity contribution >= 4 is 0 Å². The second-order valence-corrected chi connectivity index (χ2v) is 13.5. The second-order valence-electron chi connectivity index (χ2n) is 13.5. The zero-order chi connectivity index (χ0) is 27.3. The van der Waals surface area contributed by atoms with E-state index in [1.165, 1.54) is 31.3 Å². The number of aromatic hydroxyl groups is 2. The van der Waals surface area contributed by atoms with Gasteiger partial charge in [0.1, 0.15) is 0 Å². The van der Waals surface area contributed by atoms with E-state index in [4.69, 9.17) is 0 Å². The Balaban J connectivity index is 1.39. The average Bonchev–Trinajstić information content (AvgIpc) is 3.22. The molecule has 6 heteroatoms. The highest BCUT2D eigenvalue weighted by Crippen LogP contribution is 2.61. The number of aliphatic hydroxyl groups is 1. The molecule has 7 rings (SSSR count). The van der Waals surface area contributed by atoms with Crippen molar-refractivity contribution in [2.45, 2.75) is 94.4 Å². The van der Waals surface area contributed by atoms with Crippen LogP contribution in [0.4, 0.5) is 0 Å². The van der Waals surface area contributed by atoms with Crippen molar-refractivity contribution in [3.8, 4) is 11.5 Å². The number of fused-ring (bicyclic) bond motifs is 3. The molecule has 216 valence electrons. The lowest BCUT2D eigenvalue weighted by Gasteiger charge is -2.59. The number of hydrogen-bond acceptors (Lipinski definition) is 6. The summed E-state index contributed by atoms with van der Waals surface area (Å²) in [7, 11) is 0. The van der Waals surface area contributed by atoms with Gasteiger partial charge in [-0.2, -0.15) is 0 Å². The van der Waals surface area contributed by atoms with E-state index >= 15 is 0 Å². The summed E-state index contributed by atoms with van der Waals surface area (Å²) in [6.07, 6.45) is 23.6. The van der Waals surface area contributed by atoms with Gasteiger partial charge in [0.05, 0.1) is 17.7 Å². The molecule has 1 unspecified atom stereocenters. The van der Waals surface area contributed by atoms with Gasteiger partial charge in [-0.3, -0.25) is 4.90 Å². The molecule has 1 aliphatic carbocycles. The van der Waals surface area contributed by atoms with Crippen molar-refractivity contribution in [1.82, 2.24) is 15.1 Å². The lowest BCUT2D eigenvalue weighted by molar-refractivity contribution is -0.0983. The Hall–Kier alpha value is -2.12. The van der Waals surface area contributed by atoms with Crippen LogP contribution in [0.1, 0.15) is 81.4 Å². The van der Waals surface area contributed by atoms with E-state index < -0.39 is 5.60 Å². The number of benzene rings is 1. The molecule has 3 bridgehead atoms. The summed E-state index contributed by atoms with van der Waals surface area (Å²) in [5, 5.41) is 37.6. The van der Waals surface area contributed by atoms with E-state index in [0.29, 0.717) is 12.0 Å². The van der Waals surface area contributed by atoms with Crippen LogP contribution in [0, 0.1) is 11.3 Å². The van der Waals surface area contributed by atoms with Gasteiger partial charge in [-0.15, -0.1) is 0 Å². The van der Waals surface area contributed by atoms with E-state index in [9.17, 15) is 15.3 Å². The van der Waals surface area contributed by atoms with Crippen LogP contribution in [-0.4, -0.2) is 75.5 Å². The Morgan fingerprint density at radius 2 is 1.70 bits per heavy atom. The number of nitrogens with one attached hydrogen (secondary N) is 1. The Morgan fingerprint density at radius 3 is 2.60 bits per heavy atom. The van der Waals surface area contributed by atoms with Crippen molar-refractivity contribution in [1.29, 1.82) is 0 Å². The molecule has 2 saturated heterocycles. The molecule has 0 radical (unpaired) electrons. The monoisotopic (exact) mass is 545 g/mol. The first-order valence-electron chi connectivity index (χ1n) is 16.0. The summed E-state index contributed by atoms with van der Waals surface area (Å²) in [4.78, 5) is 5.44. The molecule has 6 aliphatic rings. The number of rotatable bonds is 1. The molecular weight excluding hydrogens is 498 g/mol. The predicted octanol–water partition coefficient (Wildman–Crippen LogP) is 4.97. The quantitative estimate of drug-likeness (QED) is 0.295. The highest BCUT2D eigenvalue weighted by molar-refractivity contribution is 5.51. The number of phenolic OH excluding ortho intramolecular Hbond substituents is 2. The molecule has 5 aliphatic heterocycles. The molecular formula is C34H47N3O3. The number of allylic oxidation sites excluding steroid dienone is 3. The largest absolute Gasteiger partial charge is 0.504 e. The molecule has 1 aromatic rings. The first kappa shape index (κ1) is 26.8. The van der Waals surface area contributed by atoms with Crippen molar-refractivity contribution in [2.24, 2.45) is 11.3 Å². The third-order valence-corrected chi connectivity index (χ3v) is 11.1. The smallest absolute Gasteiger partial charge is 0.157 e. The van der Waals surface area contributed by atoms with Crippen LogP contribution in [0.15, 0.2) is 48.1 Å². The van der Waals surface area contributed by atoms with Gasteiger partial charge in [0, 0.05) is 24.5 Å². The standard InChI is InChI=1S/C34H47N3O3/c38-29-19-24-12-15-35-31(26(24)20-30(29)39)27-22-34(40)14-8-4-1-2-5-9-16-36-18-13-28(27)33(23-36)21-25-11-7-3-6-10-17-37(25)32(33)34/h1,4,7,11,19-20,22,25,28,31-32,35,38-40H,2-3,5-6,8-10,12-18,21,23H2/b4-1-,11-7-/t25-,28+,31-,32+,33-,34-/m0/s1. The van der Waals surface area contributed by atoms with E-state index in [1.807, 2.05) is 0 Å². The summed E-state index contributed by atoms with van der Waals surface area (Å²) in [5.74, 6) is 0.277. The fourth-order valence-corrected chi connectivity index (χ4v) is 9.58. The summed E-state index contributed by atoms with van der Waals surface area (Å²) in [6.45, 7) is 5.19. The lowest BCUT2D eigenvalue weighted by atomic mass is 9.54. The highest BCUT2D eigenvalue weighted by Gasteiger charge is 2.66. The van der Waals surface area contributed by atoms with Crippen molar-refractivity contribution in [3.63, 3.8) is 0 Å². The van der Waals surface area contributed by atoms with Gasteiger partial charge in [-0.25, -0.2) is 0 Å². The van der Waals surface area contributed by atoms with Gasteiger partial charge in [0.2, 0.25) is 0 Å². The maximum Gasteiger partial charge on any atom is 0.157 e. The number of hydrogen-bond donors (Lipinski definition) is 4. The third-order valence-electron chi connectivity index (χ3n) is 11.1. The Bertz CT molecular complexity index is 1210. The fraction of sp³-hybridized carbons (Fsp3) is 0.647. The SMILES string of the molecule is Oc1cc2c(cc1O)[C@@H](C1=C[C@@]3(O)CC/C=C\CCCCN4CC[C@H]1[C@]1(C[C@@H]5/C=C\CCCCN5[C@H]13)C4)NCC2. The Kier molecular flexibility index (Phi) is 7.10. The zero-order valence-electron chi connectivity index (χ0n) is 23.9. The summed E-state index contributed by atoms with van der Waals surface area (Å²) in [5.41, 5.74) is 2.54. The van der Waals surface area contributed by atoms with Gasteiger partial charge < -0.3 is 25.5 Å². The minimum Gasteiger partial charge on any atom is -0.504 e. The van der Waals surface area contributed by atoms with Crippen LogP contribution in [0.2, 0.25) is 0 Å². The molecule has 4 N–H and O–H groups in total. The molecule has 7 atom stereocenters. The molecule has 6 nitrogen and oxygen atoms in total. The molecule has 2 fully saturated rings. The van der Waals surface area contributed by atoms with Gasteiger partial charge in [-0.05, 0) is 125 Å². The maximum absolute atomic E-state index is 13.0. The van der Waals surface area contributed by atoms with Gasteiger partial charge in [0.15, 0.2) is 11.5 Å². The van der Waals surface area contributed by atoms with Crippen molar-refractivity contribution < 1.29 is 15.3 Å². The summed E-state index contributed by atoms with van der Waals surface area (Å²) in [6, 6.07) is 3.96. The molecule has 1 spiro atoms. The Morgan fingerprint density at radius 1 is 0.900 bits per heavy atom. The highest BCUT2D eigenvalue weighted by atomic mass is 16.3. The molecule has 0 aromatic heterocycles. The van der Waals surface area contributed by atoms with Gasteiger partial charge in [-0.1, -0.05) is 30.4 Å². The number of phenols is 2. The van der Waals surface area contributed by atoms with Crippen LogP contribution >= 0.6 is 0 Å². The Labute approximate surface area is 239 Å². The second kappa shape index (κ2) is 10.6. The molecule has 1 aromatic carbocycles. The van der Waals surface area contributed by atoms with Gasteiger partial charge in [0.25, 0.3) is 0 Å². The number of nitrogens with zero attached hydrogens (tertiary/aromatic N) is 2. The molecule has 0 amide bonds. The van der Waals surface area contributed by atoms with Crippen molar-refractivity contribution in [3.05, 3.63) is 59.2 Å². The summed E-state index contributed by atoms with van der Waals surface area (Å²) < 4.78 is 0. The number of piperidine rings is 1. The predicted molar refractivity (Wildman–Crippen MR) is 158 cm³/mol. The van der Waals surface area contributed by atoms with Crippen molar-refractivity contribution in [2.75, 3.05) is 32.7 Å². The van der Waals surface area contributed by atoms with E-state index in [-0.39, 0.29) is 29.0 Å². The van der Waals surface area contributed by atoms with E-state index in [1.54, 1.807) is 12.1 Å². The normalized spacial score (nSPS) is 41.5. The van der Waals surface area contributed by atoms with Crippen LogP contribution < -0.4 is 5.32 Å². The first-order valence-corrected chi connectivity index (χ1v) is 16.0.